The molecule has 2 atom stereocenters. The van der Waals surface area contributed by atoms with E-state index in [1.165, 1.54) is 0 Å². The van der Waals surface area contributed by atoms with Crippen LogP contribution in [-0.4, -0.2) is 30.1 Å². The molecule has 2 aromatic carbocycles. The van der Waals surface area contributed by atoms with Gasteiger partial charge in [0.05, 0.1) is 12.7 Å². The Morgan fingerprint density at radius 2 is 1.65 bits per heavy atom. The van der Waals surface area contributed by atoms with E-state index in [0.29, 0.717) is 17.7 Å². The Morgan fingerprint density at radius 3 is 2.27 bits per heavy atom. The van der Waals surface area contributed by atoms with Gasteiger partial charge < -0.3 is 15.2 Å². The SMILES string of the molecule is CCCCOC(=O)[C@H](CNC(=O)c1ccccc1)[C@H](O)c1ccccc1. The minimum atomic E-state index is -1.05. The molecule has 0 aliphatic carbocycles. The maximum atomic E-state index is 12.4. The number of benzene rings is 2. The van der Waals surface area contributed by atoms with Gasteiger partial charge in [-0.2, -0.15) is 0 Å². The third-order valence-electron chi connectivity index (χ3n) is 4.09. The number of rotatable bonds is 9. The molecule has 0 radical (unpaired) electrons. The summed E-state index contributed by atoms with van der Waals surface area (Å²) in [5.74, 6) is -1.68. The van der Waals surface area contributed by atoms with Crippen LogP contribution in [0.1, 0.15) is 41.8 Å². The molecule has 5 heteroatoms. The highest BCUT2D eigenvalue weighted by molar-refractivity contribution is 5.94. The van der Waals surface area contributed by atoms with Gasteiger partial charge in [-0.3, -0.25) is 9.59 Å². The Kier molecular flexibility index (Phi) is 7.83. The first-order chi connectivity index (χ1) is 12.6. The van der Waals surface area contributed by atoms with Crippen LogP contribution >= 0.6 is 0 Å². The van der Waals surface area contributed by atoms with E-state index in [0.717, 1.165) is 12.8 Å². The highest BCUT2D eigenvalue weighted by Crippen LogP contribution is 2.23. The van der Waals surface area contributed by atoms with Gasteiger partial charge >= 0.3 is 5.97 Å². The van der Waals surface area contributed by atoms with Crippen molar-refractivity contribution in [3.05, 3.63) is 71.8 Å². The fourth-order valence-corrected chi connectivity index (χ4v) is 2.52. The van der Waals surface area contributed by atoms with Crippen molar-refractivity contribution < 1.29 is 19.4 Å². The Balaban J connectivity index is 2.07. The second kappa shape index (κ2) is 10.4. The lowest BCUT2D eigenvalue weighted by Gasteiger charge is -2.22. The van der Waals surface area contributed by atoms with E-state index in [9.17, 15) is 14.7 Å². The van der Waals surface area contributed by atoms with E-state index >= 15 is 0 Å². The summed E-state index contributed by atoms with van der Waals surface area (Å²) in [5.41, 5.74) is 1.11. The largest absolute Gasteiger partial charge is 0.465 e. The Bertz CT molecular complexity index is 688. The molecule has 0 fully saturated rings. The summed E-state index contributed by atoms with van der Waals surface area (Å²) < 4.78 is 5.27. The number of aliphatic hydroxyl groups excluding tert-OH is 1. The lowest BCUT2D eigenvalue weighted by Crippen LogP contribution is -2.37. The molecule has 0 unspecified atom stereocenters. The predicted octanol–water partition coefficient (Wildman–Crippen LogP) is 3.11. The van der Waals surface area contributed by atoms with Crippen LogP contribution in [0.4, 0.5) is 0 Å². The van der Waals surface area contributed by atoms with Gasteiger partial charge in [-0.05, 0) is 24.1 Å². The van der Waals surface area contributed by atoms with Crippen LogP contribution in [0.25, 0.3) is 0 Å². The smallest absolute Gasteiger partial charge is 0.313 e. The van der Waals surface area contributed by atoms with Gasteiger partial charge in [0.1, 0.15) is 5.92 Å². The topological polar surface area (TPSA) is 75.6 Å². The van der Waals surface area contributed by atoms with Gasteiger partial charge in [-0.1, -0.05) is 61.9 Å². The molecule has 2 aromatic rings. The first-order valence-corrected chi connectivity index (χ1v) is 8.86. The monoisotopic (exact) mass is 355 g/mol. The van der Waals surface area contributed by atoms with Gasteiger partial charge in [0, 0.05) is 12.1 Å². The lowest BCUT2D eigenvalue weighted by molar-refractivity contribution is -0.152. The summed E-state index contributed by atoms with van der Waals surface area (Å²) in [5, 5.41) is 13.4. The summed E-state index contributed by atoms with van der Waals surface area (Å²) >= 11 is 0. The molecule has 0 heterocycles. The number of carbonyl (C=O) groups is 2. The van der Waals surface area contributed by atoms with Crippen molar-refractivity contribution in [2.75, 3.05) is 13.2 Å². The average Bonchev–Trinajstić information content (AvgIpc) is 2.69. The quantitative estimate of drug-likeness (QED) is 0.535. The second-order valence-electron chi connectivity index (χ2n) is 6.06. The number of ether oxygens (including phenoxy) is 1. The third kappa shape index (κ3) is 5.70. The standard InChI is InChI=1S/C21H25NO4/c1-2-3-14-26-21(25)18(19(23)16-10-6-4-7-11-16)15-22-20(24)17-12-8-5-9-13-17/h4-13,18-19,23H,2-3,14-15H2,1H3,(H,22,24)/t18-,19-/m1/s1. The van der Waals surface area contributed by atoms with Gasteiger partial charge in [0.2, 0.25) is 0 Å². The van der Waals surface area contributed by atoms with Crippen molar-refractivity contribution in [1.29, 1.82) is 0 Å². The zero-order chi connectivity index (χ0) is 18.8. The molecule has 0 saturated carbocycles. The van der Waals surface area contributed by atoms with Crippen LogP contribution in [0.15, 0.2) is 60.7 Å². The fourth-order valence-electron chi connectivity index (χ4n) is 2.52. The average molecular weight is 355 g/mol. The van der Waals surface area contributed by atoms with Crippen LogP contribution in [0.3, 0.4) is 0 Å². The third-order valence-corrected chi connectivity index (χ3v) is 4.09. The minimum Gasteiger partial charge on any atom is -0.465 e. The highest BCUT2D eigenvalue weighted by Gasteiger charge is 2.30. The van der Waals surface area contributed by atoms with Crippen molar-refractivity contribution in [2.24, 2.45) is 5.92 Å². The van der Waals surface area contributed by atoms with E-state index in [2.05, 4.69) is 5.32 Å². The number of aliphatic hydroxyl groups is 1. The van der Waals surface area contributed by atoms with Crippen molar-refractivity contribution in [3.8, 4) is 0 Å². The molecule has 0 spiro atoms. The number of esters is 1. The Hall–Kier alpha value is -2.66. The molecule has 0 bridgehead atoms. The predicted molar refractivity (Wildman–Crippen MR) is 99.5 cm³/mol. The Labute approximate surface area is 154 Å². The van der Waals surface area contributed by atoms with Crippen LogP contribution < -0.4 is 5.32 Å². The summed E-state index contributed by atoms with van der Waals surface area (Å²) in [7, 11) is 0. The maximum Gasteiger partial charge on any atom is 0.313 e. The van der Waals surface area contributed by atoms with Gasteiger partial charge in [0.15, 0.2) is 0 Å². The number of amides is 1. The molecule has 0 aromatic heterocycles. The zero-order valence-electron chi connectivity index (χ0n) is 14.9. The molecule has 2 rings (SSSR count). The number of hydrogen-bond donors (Lipinski definition) is 2. The van der Waals surface area contributed by atoms with Crippen LogP contribution in [0, 0.1) is 5.92 Å². The second-order valence-corrected chi connectivity index (χ2v) is 6.06. The molecule has 1 amide bonds. The van der Waals surface area contributed by atoms with Crippen molar-refractivity contribution in [2.45, 2.75) is 25.9 Å². The zero-order valence-corrected chi connectivity index (χ0v) is 14.9. The van der Waals surface area contributed by atoms with Crippen LogP contribution in [0.2, 0.25) is 0 Å². The van der Waals surface area contributed by atoms with Gasteiger partial charge in [-0.25, -0.2) is 0 Å². The maximum absolute atomic E-state index is 12.4. The minimum absolute atomic E-state index is 0.00521. The molecular formula is C21H25NO4. The van der Waals surface area contributed by atoms with E-state index in [1.54, 1.807) is 48.5 Å². The van der Waals surface area contributed by atoms with Gasteiger partial charge in [-0.15, -0.1) is 0 Å². The van der Waals surface area contributed by atoms with Crippen LogP contribution in [-0.2, 0) is 9.53 Å². The van der Waals surface area contributed by atoms with E-state index in [-0.39, 0.29) is 12.5 Å². The van der Waals surface area contributed by atoms with Gasteiger partial charge in [0.25, 0.3) is 5.91 Å². The first kappa shape index (κ1) is 19.7. The van der Waals surface area contributed by atoms with E-state index < -0.39 is 18.0 Å². The normalized spacial score (nSPS) is 12.8. The first-order valence-electron chi connectivity index (χ1n) is 8.86. The summed E-state index contributed by atoms with van der Waals surface area (Å²) in [4.78, 5) is 24.7. The van der Waals surface area contributed by atoms with E-state index in [4.69, 9.17) is 4.74 Å². The van der Waals surface area contributed by atoms with E-state index in [1.807, 2.05) is 19.1 Å². The molecule has 0 aliphatic heterocycles. The number of nitrogens with one attached hydrogen (secondary N) is 1. The molecular weight excluding hydrogens is 330 g/mol. The number of carbonyl (C=O) groups excluding carboxylic acids is 2. The molecule has 0 aliphatic rings. The molecule has 26 heavy (non-hydrogen) atoms. The fraction of sp³-hybridized carbons (Fsp3) is 0.333. The van der Waals surface area contributed by atoms with Crippen LogP contribution in [0.5, 0.6) is 0 Å². The molecule has 0 saturated heterocycles. The van der Waals surface area contributed by atoms with Crippen molar-refractivity contribution in [3.63, 3.8) is 0 Å². The summed E-state index contributed by atoms with van der Waals surface area (Å²) in [6.45, 7) is 2.30. The van der Waals surface area contributed by atoms with Crippen molar-refractivity contribution in [1.82, 2.24) is 5.32 Å². The molecule has 2 N–H and O–H groups in total. The highest BCUT2D eigenvalue weighted by atomic mass is 16.5. The number of hydrogen-bond acceptors (Lipinski definition) is 4. The molecule has 5 nitrogen and oxygen atoms in total. The van der Waals surface area contributed by atoms with Crippen molar-refractivity contribution >= 4 is 11.9 Å². The Morgan fingerprint density at radius 1 is 1.04 bits per heavy atom. The molecule has 138 valence electrons. The lowest BCUT2D eigenvalue weighted by atomic mass is 9.95. The summed E-state index contributed by atoms with van der Waals surface area (Å²) in [6.07, 6.45) is 0.613. The summed E-state index contributed by atoms with van der Waals surface area (Å²) in [6, 6.07) is 17.7. The number of unbranched alkanes of at least 4 members (excludes halogenated alkanes) is 1.